The summed E-state index contributed by atoms with van der Waals surface area (Å²) in [5.74, 6) is -0.0625. The van der Waals surface area contributed by atoms with E-state index in [0.29, 0.717) is 0 Å². The SMILES string of the molecule is CC(=O)/C=C(/C)O.[Pt].[c-]1cccc2c1-c1ncccc1C2(c1cccc2ccccc12)c1cccc2ccccc12. The van der Waals surface area contributed by atoms with Crippen LogP contribution in [0.5, 0.6) is 0 Å². The van der Waals surface area contributed by atoms with E-state index in [2.05, 4.69) is 115 Å². The minimum Gasteiger partial charge on any atom is -0.512 e. The third-order valence-corrected chi connectivity index (χ3v) is 7.51. The van der Waals surface area contributed by atoms with Gasteiger partial charge in [-0.3, -0.25) is 4.79 Å². The fourth-order valence-corrected chi connectivity index (χ4v) is 6.12. The van der Waals surface area contributed by atoms with Gasteiger partial charge in [-0.1, -0.05) is 96.6 Å². The molecule has 0 aliphatic heterocycles. The normalized spacial score (nSPS) is 13.0. The zero-order valence-corrected chi connectivity index (χ0v) is 25.0. The summed E-state index contributed by atoms with van der Waals surface area (Å²) >= 11 is 0. The molecule has 0 radical (unpaired) electrons. The number of fused-ring (bicyclic) bond motifs is 5. The molecule has 0 bridgehead atoms. The first kappa shape index (κ1) is 28.2. The molecule has 0 fully saturated rings. The largest absolute Gasteiger partial charge is 0.512 e. The van der Waals surface area contributed by atoms with Gasteiger partial charge in [-0.2, -0.15) is 0 Å². The van der Waals surface area contributed by atoms with Gasteiger partial charge in [-0.25, -0.2) is 0 Å². The molecule has 3 nitrogen and oxygen atoms in total. The molecule has 0 amide bonds. The van der Waals surface area contributed by atoms with E-state index in [-0.39, 0.29) is 32.6 Å². The Hall–Kier alpha value is -4.33. The van der Waals surface area contributed by atoms with Gasteiger partial charge in [0.2, 0.25) is 0 Å². The van der Waals surface area contributed by atoms with Crippen molar-refractivity contribution in [2.45, 2.75) is 19.3 Å². The second-order valence-electron chi connectivity index (χ2n) is 10.1. The van der Waals surface area contributed by atoms with Crippen LogP contribution in [-0.2, 0) is 31.3 Å². The number of allylic oxidation sites excluding steroid dienone is 2. The number of ketones is 1. The molecule has 1 N–H and O–H groups in total. The van der Waals surface area contributed by atoms with Gasteiger partial charge < -0.3 is 10.1 Å². The molecule has 6 aromatic rings. The smallest absolute Gasteiger partial charge is 0.155 e. The van der Waals surface area contributed by atoms with Crippen LogP contribution in [-0.4, -0.2) is 15.9 Å². The Bertz CT molecular complexity index is 1780. The minimum atomic E-state index is -0.488. The van der Waals surface area contributed by atoms with Crippen LogP contribution in [0.2, 0.25) is 0 Å². The first-order valence-electron chi connectivity index (χ1n) is 13.3. The number of aromatic nitrogens is 1. The molecule has 204 valence electrons. The van der Waals surface area contributed by atoms with Crippen LogP contribution in [0.3, 0.4) is 0 Å². The number of hydrogen-bond donors (Lipinski definition) is 1. The average molecular weight is 714 g/mol. The molecule has 0 atom stereocenters. The maximum absolute atomic E-state index is 10.0. The maximum Gasteiger partial charge on any atom is 0.155 e. The molecule has 0 saturated carbocycles. The van der Waals surface area contributed by atoms with Crippen LogP contribution < -0.4 is 0 Å². The van der Waals surface area contributed by atoms with Crippen LogP contribution in [0.4, 0.5) is 0 Å². The number of aliphatic hydroxyl groups is 1. The van der Waals surface area contributed by atoms with Gasteiger partial charge >= 0.3 is 0 Å². The van der Waals surface area contributed by atoms with Crippen molar-refractivity contribution in [3.8, 4) is 11.3 Å². The van der Waals surface area contributed by atoms with Gasteiger partial charge in [0.1, 0.15) is 0 Å². The molecule has 1 heterocycles. The Morgan fingerprint density at radius 1 is 0.707 bits per heavy atom. The molecule has 7 rings (SSSR count). The maximum atomic E-state index is 10.0. The van der Waals surface area contributed by atoms with Crippen LogP contribution in [0.1, 0.15) is 36.1 Å². The van der Waals surface area contributed by atoms with Gasteiger partial charge in [-0.05, 0) is 58.3 Å². The first-order valence-corrected chi connectivity index (χ1v) is 13.3. The van der Waals surface area contributed by atoms with Crippen LogP contribution in [0.15, 0.2) is 133 Å². The van der Waals surface area contributed by atoms with Gasteiger partial charge in [0, 0.05) is 38.8 Å². The molecule has 41 heavy (non-hydrogen) atoms. The topological polar surface area (TPSA) is 50.2 Å². The van der Waals surface area contributed by atoms with Crippen LogP contribution >= 0.6 is 0 Å². The van der Waals surface area contributed by atoms with E-state index in [4.69, 9.17) is 10.1 Å². The summed E-state index contributed by atoms with van der Waals surface area (Å²) in [5, 5.41) is 13.4. The summed E-state index contributed by atoms with van der Waals surface area (Å²) in [6.45, 7) is 2.85. The third kappa shape index (κ3) is 4.81. The Morgan fingerprint density at radius 2 is 1.24 bits per heavy atom. The molecule has 1 aliphatic carbocycles. The predicted molar refractivity (Wildman–Crippen MR) is 162 cm³/mol. The number of pyridine rings is 1. The zero-order chi connectivity index (χ0) is 27.7. The van der Waals surface area contributed by atoms with E-state index < -0.39 is 5.41 Å². The van der Waals surface area contributed by atoms with E-state index in [9.17, 15) is 4.79 Å². The number of rotatable bonds is 3. The summed E-state index contributed by atoms with van der Waals surface area (Å²) in [4.78, 5) is 14.9. The molecule has 1 aliphatic rings. The molecular formula is C37H28NO2Pt-. The quantitative estimate of drug-likeness (QED) is 0.113. The van der Waals surface area contributed by atoms with E-state index >= 15 is 0 Å². The van der Waals surface area contributed by atoms with Crippen molar-refractivity contribution in [3.05, 3.63) is 162 Å². The van der Waals surface area contributed by atoms with Gasteiger partial charge in [0.15, 0.2) is 5.78 Å². The van der Waals surface area contributed by atoms with Crippen molar-refractivity contribution in [1.82, 2.24) is 4.98 Å². The van der Waals surface area contributed by atoms with E-state index in [1.165, 1.54) is 63.7 Å². The third-order valence-electron chi connectivity index (χ3n) is 7.51. The fraction of sp³-hybridized carbons (Fsp3) is 0.0811. The number of benzene rings is 5. The van der Waals surface area contributed by atoms with Crippen LogP contribution in [0.25, 0.3) is 32.8 Å². The molecule has 1 aromatic heterocycles. The molecule has 5 aromatic carbocycles. The predicted octanol–water partition coefficient (Wildman–Crippen LogP) is 8.59. The Morgan fingerprint density at radius 3 is 1.80 bits per heavy atom. The second-order valence-corrected chi connectivity index (χ2v) is 10.1. The van der Waals surface area contributed by atoms with Gasteiger partial charge in [0.05, 0.1) is 5.76 Å². The summed E-state index contributed by atoms with van der Waals surface area (Å²) in [7, 11) is 0. The molecule has 4 heteroatoms. The Labute approximate surface area is 254 Å². The molecule has 0 unspecified atom stereocenters. The van der Waals surface area contributed by atoms with Crippen molar-refractivity contribution in [3.63, 3.8) is 0 Å². The number of carbonyl (C=O) groups is 1. The van der Waals surface area contributed by atoms with E-state index in [1.54, 1.807) is 0 Å². The van der Waals surface area contributed by atoms with Gasteiger partial charge in [0.25, 0.3) is 0 Å². The van der Waals surface area contributed by atoms with Crippen LogP contribution in [0, 0.1) is 6.07 Å². The summed E-state index contributed by atoms with van der Waals surface area (Å²) in [5.41, 5.74) is 6.65. The minimum absolute atomic E-state index is 0. The number of aliphatic hydroxyl groups excluding tert-OH is 1. The number of carbonyl (C=O) groups excluding carboxylic acids is 1. The first-order chi connectivity index (χ1) is 19.5. The number of hydrogen-bond acceptors (Lipinski definition) is 3. The zero-order valence-electron chi connectivity index (χ0n) is 22.7. The second kappa shape index (κ2) is 11.6. The monoisotopic (exact) mass is 713 g/mol. The Balaban J connectivity index is 0.000000379. The van der Waals surface area contributed by atoms with Crippen molar-refractivity contribution >= 4 is 27.3 Å². The van der Waals surface area contributed by atoms with E-state index in [1.807, 2.05) is 12.3 Å². The van der Waals surface area contributed by atoms with Crippen molar-refractivity contribution in [2.75, 3.05) is 0 Å². The summed E-state index contributed by atoms with van der Waals surface area (Å²) in [6.07, 6.45) is 3.06. The van der Waals surface area contributed by atoms with Gasteiger partial charge in [-0.15, -0.1) is 35.4 Å². The Kier molecular flexibility index (Phi) is 8.01. The summed E-state index contributed by atoms with van der Waals surface area (Å²) < 4.78 is 0. The summed E-state index contributed by atoms with van der Waals surface area (Å²) in [6, 6.07) is 45.0. The molecule has 0 saturated heterocycles. The number of nitrogens with zero attached hydrogens (tertiary/aromatic N) is 1. The van der Waals surface area contributed by atoms with Crippen molar-refractivity contribution < 1.29 is 31.0 Å². The van der Waals surface area contributed by atoms with Crippen molar-refractivity contribution in [1.29, 1.82) is 0 Å². The molecular weight excluding hydrogens is 685 g/mol. The van der Waals surface area contributed by atoms with Crippen molar-refractivity contribution in [2.24, 2.45) is 0 Å². The van der Waals surface area contributed by atoms with E-state index in [0.717, 1.165) is 11.3 Å². The fourth-order valence-electron chi connectivity index (χ4n) is 6.12. The standard InChI is InChI=1S/C32H20N.C5H8O2.Pt/c1-3-14-24-22(10-1)12-7-18-27(24)32(28-19-8-13-23-11-2-4-15-25(23)28)29-17-6-5-16-26(29)31-30(32)20-9-21-33-31;1-4(6)3-5(2)7;/h1-15,17-21H;3,6H,1-2H3;/q-1;;/b;4-3-;. The molecule has 0 spiro atoms. The average Bonchev–Trinajstić information content (AvgIpc) is 3.27.